The molecule has 1 atom stereocenters. The van der Waals surface area contributed by atoms with Gasteiger partial charge in [-0.15, -0.1) is 0 Å². The summed E-state index contributed by atoms with van der Waals surface area (Å²) in [5, 5.41) is 15.4. The highest BCUT2D eigenvalue weighted by atomic mass is 35.5. The second kappa shape index (κ2) is 10.5. The van der Waals surface area contributed by atoms with E-state index in [-0.39, 0.29) is 13.0 Å². The summed E-state index contributed by atoms with van der Waals surface area (Å²) >= 11 is 5.85. The molecule has 0 heterocycles. The van der Waals surface area contributed by atoms with Crippen molar-refractivity contribution in [3.8, 4) is 11.5 Å². The zero-order chi connectivity index (χ0) is 20.5. The van der Waals surface area contributed by atoms with Crippen molar-refractivity contribution in [3.05, 3.63) is 53.1 Å². The van der Waals surface area contributed by atoms with E-state index >= 15 is 0 Å². The zero-order valence-electron chi connectivity index (χ0n) is 15.7. The minimum absolute atomic E-state index is 0.248. The summed E-state index contributed by atoms with van der Waals surface area (Å²) in [7, 11) is 3.00. The Labute approximate surface area is 168 Å². The molecular formula is C20H23ClN2O5. The topological polar surface area (TPSA) is 96.9 Å². The normalized spacial score (nSPS) is 11.4. The van der Waals surface area contributed by atoms with Crippen LogP contribution in [0.25, 0.3) is 0 Å². The van der Waals surface area contributed by atoms with E-state index in [0.717, 1.165) is 5.56 Å². The summed E-state index contributed by atoms with van der Waals surface area (Å²) in [4.78, 5) is 24.3. The van der Waals surface area contributed by atoms with Crippen molar-refractivity contribution in [1.82, 2.24) is 5.32 Å². The molecule has 150 valence electrons. The van der Waals surface area contributed by atoms with Crippen LogP contribution in [0.1, 0.15) is 12.0 Å². The molecule has 0 saturated carbocycles. The highest BCUT2D eigenvalue weighted by molar-refractivity contribution is 6.30. The molecular weight excluding hydrogens is 384 g/mol. The minimum Gasteiger partial charge on any atom is -0.497 e. The molecule has 0 bridgehead atoms. The van der Waals surface area contributed by atoms with Crippen LogP contribution in [0.3, 0.4) is 0 Å². The Morgan fingerprint density at radius 2 is 1.79 bits per heavy atom. The average Bonchev–Trinajstić information content (AvgIpc) is 2.69. The maximum absolute atomic E-state index is 12.2. The summed E-state index contributed by atoms with van der Waals surface area (Å²) < 4.78 is 10.3. The number of aliphatic hydroxyl groups is 1. The Bertz CT molecular complexity index is 811. The molecule has 8 heteroatoms. The van der Waals surface area contributed by atoms with Crippen LogP contribution in [0.2, 0.25) is 5.02 Å². The van der Waals surface area contributed by atoms with Gasteiger partial charge in [0.05, 0.1) is 32.6 Å². The molecule has 2 aromatic rings. The maximum atomic E-state index is 12.2. The molecule has 2 rings (SSSR count). The summed E-state index contributed by atoms with van der Waals surface area (Å²) in [6.07, 6.45) is 0.0413. The number of methoxy groups -OCH3 is 2. The standard InChI is InChI=1S/C20H23ClN2O5/c1-27-16-7-8-17(18(10-16)28-2)23-20(26)11-19(25)22-15(12-24)9-13-3-5-14(21)6-4-13/h3-8,10,15,24H,9,11-12H2,1-2H3,(H,22,25)(H,23,26)/t15-/m1/s1. The molecule has 3 N–H and O–H groups in total. The molecule has 0 aliphatic heterocycles. The van der Waals surface area contributed by atoms with E-state index in [2.05, 4.69) is 10.6 Å². The monoisotopic (exact) mass is 406 g/mol. The predicted molar refractivity (Wildman–Crippen MR) is 107 cm³/mol. The molecule has 2 aromatic carbocycles. The number of aliphatic hydroxyl groups excluding tert-OH is 1. The van der Waals surface area contributed by atoms with Gasteiger partial charge in [0.1, 0.15) is 17.9 Å². The smallest absolute Gasteiger partial charge is 0.233 e. The fourth-order valence-electron chi connectivity index (χ4n) is 2.59. The van der Waals surface area contributed by atoms with Gasteiger partial charge in [-0.05, 0) is 36.2 Å². The van der Waals surface area contributed by atoms with Crippen molar-refractivity contribution < 1.29 is 24.2 Å². The van der Waals surface area contributed by atoms with Gasteiger partial charge in [0.25, 0.3) is 0 Å². The number of carbonyl (C=O) groups excluding carboxylic acids is 2. The fourth-order valence-corrected chi connectivity index (χ4v) is 2.71. The second-order valence-electron chi connectivity index (χ2n) is 6.07. The number of benzene rings is 2. The lowest BCUT2D eigenvalue weighted by molar-refractivity contribution is -0.127. The lowest BCUT2D eigenvalue weighted by Gasteiger charge is -2.17. The van der Waals surface area contributed by atoms with Crippen molar-refractivity contribution in [2.75, 3.05) is 26.1 Å². The molecule has 0 spiro atoms. The number of hydrogen-bond acceptors (Lipinski definition) is 5. The lowest BCUT2D eigenvalue weighted by Crippen LogP contribution is -2.40. The third-order valence-electron chi connectivity index (χ3n) is 3.98. The quantitative estimate of drug-likeness (QED) is 0.556. The van der Waals surface area contributed by atoms with E-state index < -0.39 is 17.9 Å². The van der Waals surface area contributed by atoms with Crippen LogP contribution in [-0.4, -0.2) is 43.8 Å². The van der Waals surface area contributed by atoms with Crippen LogP contribution in [0.5, 0.6) is 11.5 Å². The number of nitrogens with one attached hydrogen (secondary N) is 2. The first-order chi connectivity index (χ1) is 13.4. The Hall–Kier alpha value is -2.77. The van der Waals surface area contributed by atoms with E-state index in [1.54, 1.807) is 30.3 Å². The zero-order valence-corrected chi connectivity index (χ0v) is 16.5. The van der Waals surface area contributed by atoms with Crippen LogP contribution in [0.4, 0.5) is 5.69 Å². The summed E-state index contributed by atoms with van der Waals surface area (Å²) in [5.41, 5.74) is 1.34. The van der Waals surface area contributed by atoms with Crippen molar-refractivity contribution in [1.29, 1.82) is 0 Å². The minimum atomic E-state index is -0.503. The predicted octanol–water partition coefficient (Wildman–Crippen LogP) is 2.41. The van der Waals surface area contributed by atoms with Gasteiger partial charge < -0.3 is 25.2 Å². The Morgan fingerprint density at radius 1 is 1.07 bits per heavy atom. The molecule has 7 nitrogen and oxygen atoms in total. The number of anilines is 1. The number of rotatable bonds is 9. The summed E-state index contributed by atoms with van der Waals surface area (Å²) in [6.45, 7) is -0.248. The van der Waals surface area contributed by atoms with Crippen molar-refractivity contribution in [3.63, 3.8) is 0 Å². The highest BCUT2D eigenvalue weighted by Crippen LogP contribution is 2.29. The Kier molecular flexibility index (Phi) is 8.10. The molecule has 0 aromatic heterocycles. The molecule has 2 amide bonds. The van der Waals surface area contributed by atoms with Crippen molar-refractivity contribution in [2.24, 2.45) is 0 Å². The van der Waals surface area contributed by atoms with E-state index in [1.807, 2.05) is 12.1 Å². The number of amides is 2. The molecule has 28 heavy (non-hydrogen) atoms. The highest BCUT2D eigenvalue weighted by Gasteiger charge is 2.16. The van der Waals surface area contributed by atoms with Gasteiger partial charge >= 0.3 is 0 Å². The molecule has 0 saturated heterocycles. The Balaban J connectivity index is 1.90. The van der Waals surface area contributed by atoms with Crippen LogP contribution in [-0.2, 0) is 16.0 Å². The maximum Gasteiger partial charge on any atom is 0.233 e. The third kappa shape index (κ3) is 6.44. The first-order valence-corrected chi connectivity index (χ1v) is 8.99. The van der Waals surface area contributed by atoms with E-state index in [4.69, 9.17) is 21.1 Å². The first kappa shape index (κ1) is 21.5. The van der Waals surface area contributed by atoms with Gasteiger partial charge in [-0.3, -0.25) is 9.59 Å². The van der Waals surface area contributed by atoms with E-state index in [9.17, 15) is 14.7 Å². The van der Waals surface area contributed by atoms with Crippen LogP contribution in [0.15, 0.2) is 42.5 Å². The van der Waals surface area contributed by atoms with Gasteiger partial charge in [0.15, 0.2) is 0 Å². The van der Waals surface area contributed by atoms with Gasteiger partial charge in [-0.25, -0.2) is 0 Å². The van der Waals surface area contributed by atoms with Crippen molar-refractivity contribution >= 4 is 29.1 Å². The van der Waals surface area contributed by atoms with Gasteiger partial charge in [-0.1, -0.05) is 23.7 Å². The van der Waals surface area contributed by atoms with Crippen LogP contribution < -0.4 is 20.1 Å². The van der Waals surface area contributed by atoms with Crippen LogP contribution in [0, 0.1) is 0 Å². The number of hydrogen-bond donors (Lipinski definition) is 3. The van der Waals surface area contributed by atoms with E-state index in [1.165, 1.54) is 14.2 Å². The van der Waals surface area contributed by atoms with E-state index in [0.29, 0.717) is 28.6 Å². The summed E-state index contributed by atoms with van der Waals surface area (Å²) in [6, 6.07) is 11.5. The van der Waals surface area contributed by atoms with Crippen molar-refractivity contribution in [2.45, 2.75) is 18.9 Å². The van der Waals surface area contributed by atoms with Gasteiger partial charge in [0.2, 0.25) is 11.8 Å². The lowest BCUT2D eigenvalue weighted by atomic mass is 10.1. The molecule has 0 radical (unpaired) electrons. The largest absolute Gasteiger partial charge is 0.497 e. The molecule has 0 aliphatic rings. The number of carbonyl (C=O) groups is 2. The summed E-state index contributed by atoms with van der Waals surface area (Å²) in [5.74, 6) is 0.0202. The first-order valence-electron chi connectivity index (χ1n) is 8.61. The molecule has 0 unspecified atom stereocenters. The fraction of sp³-hybridized carbons (Fsp3) is 0.300. The molecule has 0 fully saturated rings. The van der Waals surface area contributed by atoms with Crippen LogP contribution >= 0.6 is 11.6 Å². The SMILES string of the molecule is COc1ccc(NC(=O)CC(=O)N[C@@H](CO)Cc2ccc(Cl)cc2)c(OC)c1. The van der Waals surface area contributed by atoms with Gasteiger partial charge in [0, 0.05) is 11.1 Å². The number of halogens is 1. The Morgan fingerprint density at radius 3 is 2.39 bits per heavy atom. The number of ether oxygens (including phenoxy) is 2. The third-order valence-corrected chi connectivity index (χ3v) is 4.24. The average molecular weight is 407 g/mol. The van der Waals surface area contributed by atoms with Gasteiger partial charge in [-0.2, -0.15) is 0 Å². The molecule has 0 aliphatic carbocycles. The second-order valence-corrected chi connectivity index (χ2v) is 6.51.